The van der Waals surface area contributed by atoms with E-state index < -0.39 is 11.9 Å². The van der Waals surface area contributed by atoms with E-state index in [1.165, 1.54) is 0 Å². The Morgan fingerprint density at radius 3 is 2.44 bits per heavy atom. The average molecular weight is 278 g/mol. The second kappa shape index (κ2) is 5.75. The molecule has 0 saturated carbocycles. The number of halogens is 5. The summed E-state index contributed by atoms with van der Waals surface area (Å²) in [6.45, 7) is 0.840. The van der Waals surface area contributed by atoms with E-state index in [4.69, 9.17) is 0 Å². The molecule has 1 aliphatic rings. The Hall–Kier alpha value is -0.460. The number of hydrogen-bond acceptors (Lipinski definition) is 2. The van der Waals surface area contributed by atoms with Gasteiger partial charge in [-0.1, -0.05) is 0 Å². The summed E-state index contributed by atoms with van der Waals surface area (Å²) in [6, 6.07) is -0.0499. The normalized spacial score (nSPS) is 20.1. The Bertz CT molecular complexity index is 321. The molecule has 0 spiro atoms. The highest BCUT2D eigenvalue weighted by atomic mass is 35.5. The number of nitrogens with one attached hydrogen (secondary N) is 2. The third-order valence-electron chi connectivity index (χ3n) is 2.29. The Kier molecular flexibility index (Phi) is 5.58. The van der Waals surface area contributed by atoms with E-state index in [0.29, 0.717) is 5.82 Å². The van der Waals surface area contributed by atoms with Crippen LogP contribution in [0.25, 0.3) is 0 Å². The Balaban J connectivity index is 0.00000112. The molecule has 3 nitrogen and oxygen atoms in total. The number of nitrogens with zero attached hydrogens (tertiary/aromatic N) is 1. The van der Waals surface area contributed by atoms with Gasteiger partial charge in [0, 0.05) is 0 Å². The lowest BCUT2D eigenvalue weighted by Gasteiger charge is -2.06. The van der Waals surface area contributed by atoms with Crippen molar-refractivity contribution >= 4 is 24.8 Å². The predicted octanol–water partition coefficient (Wildman–Crippen LogP) is 2.70. The summed E-state index contributed by atoms with van der Waals surface area (Å²) in [5.74, 6) is 0.384. The summed E-state index contributed by atoms with van der Waals surface area (Å²) >= 11 is 0. The summed E-state index contributed by atoms with van der Waals surface area (Å²) in [5, 5.41) is 3.08. The minimum atomic E-state index is -4.33. The molecule has 1 saturated heterocycles. The van der Waals surface area contributed by atoms with Gasteiger partial charge in [-0.25, -0.2) is 4.98 Å². The van der Waals surface area contributed by atoms with Gasteiger partial charge in [0.25, 0.3) is 0 Å². The van der Waals surface area contributed by atoms with E-state index in [1.54, 1.807) is 0 Å². The van der Waals surface area contributed by atoms with E-state index >= 15 is 0 Å². The molecule has 2 rings (SSSR count). The first kappa shape index (κ1) is 15.5. The van der Waals surface area contributed by atoms with Crippen LogP contribution in [0.2, 0.25) is 0 Å². The first-order valence-corrected chi connectivity index (χ1v) is 4.43. The molecular formula is C8H12Cl2F3N3. The molecular weight excluding hydrogens is 266 g/mol. The molecule has 0 aromatic carbocycles. The Morgan fingerprint density at radius 1 is 1.31 bits per heavy atom. The lowest BCUT2D eigenvalue weighted by atomic mass is 10.2. The standard InChI is InChI=1S/C8H10F3N3.2ClH/c9-8(10,11)6-4-13-7(14-6)5-2-1-3-12-5;;/h4-5,12H,1-3H2,(H,13,14);2*1H/t5-;;/m0../s1. The zero-order valence-corrected chi connectivity index (χ0v) is 9.81. The van der Waals surface area contributed by atoms with Crippen LogP contribution < -0.4 is 5.32 Å². The summed E-state index contributed by atoms with van der Waals surface area (Å²) in [6.07, 6.45) is -1.67. The van der Waals surface area contributed by atoms with Gasteiger partial charge in [-0.15, -0.1) is 24.8 Å². The van der Waals surface area contributed by atoms with Gasteiger partial charge in [-0.2, -0.15) is 13.2 Å². The Labute approximate surface area is 103 Å². The van der Waals surface area contributed by atoms with Crippen LogP contribution in [0.1, 0.15) is 30.4 Å². The number of imidazole rings is 1. The van der Waals surface area contributed by atoms with Crippen molar-refractivity contribution in [3.05, 3.63) is 17.7 Å². The number of aromatic nitrogens is 2. The second-order valence-corrected chi connectivity index (χ2v) is 3.33. The molecule has 1 aromatic rings. The van der Waals surface area contributed by atoms with Crippen LogP contribution in [-0.4, -0.2) is 16.5 Å². The smallest absolute Gasteiger partial charge is 0.337 e. The number of hydrogen-bond donors (Lipinski definition) is 2. The van der Waals surface area contributed by atoms with Gasteiger partial charge in [-0.05, 0) is 19.4 Å². The SMILES string of the molecule is Cl.Cl.FC(F)(F)c1cnc([C@@H]2CCCN2)[nH]1. The lowest BCUT2D eigenvalue weighted by Crippen LogP contribution is -2.14. The minimum Gasteiger partial charge on any atom is -0.337 e. The van der Waals surface area contributed by atoms with E-state index in [-0.39, 0.29) is 30.9 Å². The topological polar surface area (TPSA) is 40.7 Å². The molecule has 0 bridgehead atoms. The molecule has 1 fully saturated rings. The molecule has 2 heterocycles. The molecule has 8 heteroatoms. The van der Waals surface area contributed by atoms with Gasteiger partial charge in [0.15, 0.2) is 0 Å². The van der Waals surface area contributed by atoms with Crippen LogP contribution in [0.15, 0.2) is 6.20 Å². The van der Waals surface area contributed by atoms with Gasteiger partial charge in [0.2, 0.25) is 0 Å². The van der Waals surface area contributed by atoms with Crippen molar-refractivity contribution < 1.29 is 13.2 Å². The molecule has 1 aliphatic heterocycles. The largest absolute Gasteiger partial charge is 0.432 e. The monoisotopic (exact) mass is 277 g/mol. The van der Waals surface area contributed by atoms with E-state index in [9.17, 15) is 13.2 Å². The highest BCUT2D eigenvalue weighted by Crippen LogP contribution is 2.29. The first-order valence-electron chi connectivity index (χ1n) is 4.43. The van der Waals surface area contributed by atoms with Crippen LogP contribution in [0, 0.1) is 0 Å². The number of aromatic amines is 1. The molecule has 1 atom stereocenters. The molecule has 1 aromatic heterocycles. The maximum Gasteiger partial charge on any atom is 0.432 e. The van der Waals surface area contributed by atoms with E-state index in [0.717, 1.165) is 25.6 Å². The minimum absolute atomic E-state index is 0. The van der Waals surface area contributed by atoms with E-state index in [1.807, 2.05) is 0 Å². The Morgan fingerprint density at radius 2 is 2.00 bits per heavy atom. The fourth-order valence-electron chi connectivity index (χ4n) is 1.58. The van der Waals surface area contributed by atoms with Crippen LogP contribution >= 0.6 is 24.8 Å². The van der Waals surface area contributed by atoms with Crippen molar-refractivity contribution in [2.45, 2.75) is 25.1 Å². The van der Waals surface area contributed by atoms with Crippen LogP contribution in [0.4, 0.5) is 13.2 Å². The zero-order chi connectivity index (χ0) is 10.2. The molecule has 2 N–H and O–H groups in total. The van der Waals surface area contributed by atoms with Gasteiger partial charge in [0.1, 0.15) is 11.5 Å². The van der Waals surface area contributed by atoms with Gasteiger partial charge >= 0.3 is 6.18 Å². The fourth-order valence-corrected chi connectivity index (χ4v) is 1.58. The van der Waals surface area contributed by atoms with Crippen molar-refractivity contribution in [1.29, 1.82) is 0 Å². The quantitative estimate of drug-likeness (QED) is 0.829. The van der Waals surface area contributed by atoms with Crippen molar-refractivity contribution in [2.24, 2.45) is 0 Å². The summed E-state index contributed by atoms with van der Waals surface area (Å²) in [7, 11) is 0. The first-order chi connectivity index (χ1) is 6.57. The van der Waals surface area contributed by atoms with E-state index in [2.05, 4.69) is 15.3 Å². The van der Waals surface area contributed by atoms with Crippen molar-refractivity contribution in [2.75, 3.05) is 6.54 Å². The van der Waals surface area contributed by atoms with Gasteiger partial charge in [-0.3, -0.25) is 0 Å². The molecule has 0 radical (unpaired) electrons. The highest BCUT2D eigenvalue weighted by molar-refractivity contribution is 5.85. The zero-order valence-electron chi connectivity index (χ0n) is 8.17. The summed E-state index contributed by atoms with van der Waals surface area (Å²) < 4.78 is 36.6. The molecule has 16 heavy (non-hydrogen) atoms. The van der Waals surface area contributed by atoms with Crippen LogP contribution in [0.5, 0.6) is 0 Å². The maximum absolute atomic E-state index is 12.2. The average Bonchev–Trinajstić information content (AvgIpc) is 2.73. The predicted molar refractivity (Wildman–Crippen MR) is 58.1 cm³/mol. The molecule has 0 aliphatic carbocycles. The van der Waals surface area contributed by atoms with Crippen LogP contribution in [0.3, 0.4) is 0 Å². The van der Waals surface area contributed by atoms with Gasteiger partial charge in [0.05, 0.1) is 12.2 Å². The van der Waals surface area contributed by atoms with Crippen molar-refractivity contribution in [3.63, 3.8) is 0 Å². The van der Waals surface area contributed by atoms with Crippen LogP contribution in [-0.2, 0) is 6.18 Å². The third-order valence-corrected chi connectivity index (χ3v) is 2.29. The van der Waals surface area contributed by atoms with Gasteiger partial charge < -0.3 is 10.3 Å². The number of alkyl halides is 3. The molecule has 94 valence electrons. The number of rotatable bonds is 1. The van der Waals surface area contributed by atoms with Crippen molar-refractivity contribution in [1.82, 2.24) is 15.3 Å². The lowest BCUT2D eigenvalue weighted by molar-refractivity contribution is -0.140. The third kappa shape index (κ3) is 3.26. The maximum atomic E-state index is 12.2. The highest BCUT2D eigenvalue weighted by Gasteiger charge is 2.34. The molecule has 0 unspecified atom stereocenters. The molecule has 0 amide bonds. The second-order valence-electron chi connectivity index (χ2n) is 3.33. The fraction of sp³-hybridized carbons (Fsp3) is 0.625. The summed E-state index contributed by atoms with van der Waals surface area (Å²) in [4.78, 5) is 6.02. The number of H-pyrrole nitrogens is 1. The summed E-state index contributed by atoms with van der Waals surface area (Å²) in [5.41, 5.74) is -0.777. The van der Waals surface area contributed by atoms with Crippen molar-refractivity contribution in [3.8, 4) is 0 Å².